The second-order valence-corrected chi connectivity index (χ2v) is 6.85. The van der Waals surface area contributed by atoms with E-state index in [0.717, 1.165) is 26.0 Å². The largest absolute Gasteiger partial charge is 0.493 e. The van der Waals surface area contributed by atoms with Gasteiger partial charge in [0, 0.05) is 11.4 Å². The summed E-state index contributed by atoms with van der Waals surface area (Å²) in [6.45, 7) is 1.24. The molecule has 0 spiro atoms. The first-order chi connectivity index (χ1) is 10.2. The van der Waals surface area contributed by atoms with E-state index in [-0.39, 0.29) is 5.92 Å². The summed E-state index contributed by atoms with van der Waals surface area (Å²) < 4.78 is 13.5. The minimum absolute atomic E-state index is 0.257. The number of benzene rings is 2. The quantitative estimate of drug-likeness (QED) is 0.594. The van der Waals surface area contributed by atoms with Gasteiger partial charge in [-0.1, -0.05) is 18.2 Å². The van der Waals surface area contributed by atoms with Crippen molar-refractivity contribution < 1.29 is 9.47 Å². The third-order valence-corrected chi connectivity index (χ3v) is 4.93. The number of hydrogen-bond acceptors (Lipinski definition) is 2. The molecule has 1 atom stereocenters. The Balaban J connectivity index is 1.75. The van der Waals surface area contributed by atoms with Crippen LogP contribution in [0.1, 0.15) is 17.0 Å². The fraction of sp³-hybridized carbons (Fsp3) is 0.250. The van der Waals surface area contributed by atoms with Crippen LogP contribution < -0.4 is 9.47 Å². The van der Waals surface area contributed by atoms with Gasteiger partial charge >= 0.3 is 0 Å². The Morgan fingerprint density at radius 3 is 2.62 bits per heavy atom. The monoisotopic (exact) mass is 430 g/mol. The molecule has 2 aromatic rings. The first kappa shape index (κ1) is 15.2. The first-order valence-corrected chi connectivity index (χ1v) is 8.69. The Bertz CT molecular complexity index is 637. The average molecular weight is 433 g/mol. The van der Waals surface area contributed by atoms with Crippen LogP contribution in [0.15, 0.2) is 45.3 Å². The number of fused-ring (bicyclic) bond motifs is 1. The molecule has 1 aliphatic heterocycles. The molecule has 0 saturated heterocycles. The Morgan fingerprint density at radius 2 is 1.90 bits per heavy atom. The molecule has 0 saturated carbocycles. The van der Waals surface area contributed by atoms with Crippen molar-refractivity contribution in [2.45, 2.75) is 11.8 Å². The highest BCUT2D eigenvalue weighted by Gasteiger charge is 2.24. The number of para-hydroxylation sites is 1. The average Bonchev–Trinajstić information content (AvgIpc) is 2.89. The van der Waals surface area contributed by atoms with E-state index >= 15 is 0 Å². The van der Waals surface area contributed by atoms with Crippen molar-refractivity contribution in [3.05, 3.63) is 56.5 Å². The van der Waals surface area contributed by atoms with Crippen LogP contribution in [0.2, 0.25) is 0 Å². The summed E-state index contributed by atoms with van der Waals surface area (Å²) in [5.41, 5.74) is 2.25. The molecule has 0 amide bonds. The van der Waals surface area contributed by atoms with Crippen LogP contribution in [0.3, 0.4) is 0 Å². The molecular weight excluding hydrogens is 419 g/mol. The zero-order chi connectivity index (χ0) is 14.8. The lowest BCUT2D eigenvalue weighted by atomic mass is 10.0. The highest BCUT2D eigenvalue weighted by molar-refractivity contribution is 9.11. The Morgan fingerprint density at radius 1 is 1.19 bits per heavy atom. The van der Waals surface area contributed by atoms with Crippen molar-refractivity contribution in [1.82, 2.24) is 0 Å². The van der Waals surface area contributed by atoms with Gasteiger partial charge in [0.05, 0.1) is 28.1 Å². The fourth-order valence-electron chi connectivity index (χ4n) is 2.38. The number of alkyl halides is 1. The molecule has 5 heteroatoms. The van der Waals surface area contributed by atoms with E-state index in [0.29, 0.717) is 19.1 Å². The fourth-order valence-corrected chi connectivity index (χ4v) is 4.04. The predicted octanol–water partition coefficient (Wildman–Crippen LogP) is 5.51. The van der Waals surface area contributed by atoms with Gasteiger partial charge in [0.2, 0.25) is 0 Å². The third kappa shape index (κ3) is 3.22. The lowest BCUT2D eigenvalue weighted by molar-refractivity contribution is 0.246. The number of ether oxygens (including phenoxy) is 2. The molecule has 2 aromatic carbocycles. The standard InChI is InChI=1S/C16H13Br2ClO2/c17-13-5-10(7-19)6-14(18)16(13)21-9-11-8-20-15-4-2-1-3-12(11)15/h1-6,11H,7-9H2. The summed E-state index contributed by atoms with van der Waals surface area (Å²) >= 11 is 12.9. The third-order valence-electron chi connectivity index (χ3n) is 3.44. The molecule has 110 valence electrons. The van der Waals surface area contributed by atoms with E-state index < -0.39 is 0 Å². The topological polar surface area (TPSA) is 18.5 Å². The second-order valence-electron chi connectivity index (χ2n) is 4.88. The zero-order valence-corrected chi connectivity index (χ0v) is 15.0. The van der Waals surface area contributed by atoms with Crippen LogP contribution in [0.25, 0.3) is 0 Å². The van der Waals surface area contributed by atoms with Gasteiger partial charge in [-0.3, -0.25) is 0 Å². The molecule has 0 N–H and O–H groups in total. The van der Waals surface area contributed by atoms with E-state index in [1.807, 2.05) is 30.3 Å². The highest BCUT2D eigenvalue weighted by Crippen LogP contribution is 2.38. The molecule has 0 aromatic heterocycles. The van der Waals surface area contributed by atoms with Crippen LogP contribution in [0.5, 0.6) is 11.5 Å². The Hall–Kier alpha value is -0.710. The minimum Gasteiger partial charge on any atom is -0.493 e. The van der Waals surface area contributed by atoms with Gasteiger partial charge in [0.25, 0.3) is 0 Å². The van der Waals surface area contributed by atoms with Crippen molar-refractivity contribution in [3.63, 3.8) is 0 Å². The molecule has 3 rings (SSSR count). The number of hydrogen-bond donors (Lipinski definition) is 0. The molecular formula is C16H13Br2ClO2. The second kappa shape index (κ2) is 6.59. The van der Waals surface area contributed by atoms with Gasteiger partial charge in [-0.25, -0.2) is 0 Å². The van der Waals surface area contributed by atoms with E-state index in [2.05, 4.69) is 37.9 Å². The summed E-state index contributed by atoms with van der Waals surface area (Å²) in [6, 6.07) is 12.1. The summed E-state index contributed by atoms with van der Waals surface area (Å²) in [6.07, 6.45) is 0. The Kier molecular flexibility index (Phi) is 4.77. The lowest BCUT2D eigenvalue weighted by Crippen LogP contribution is -2.12. The SMILES string of the molecule is ClCc1cc(Br)c(OCC2COc3ccccc32)c(Br)c1. The van der Waals surface area contributed by atoms with Crippen molar-refractivity contribution in [3.8, 4) is 11.5 Å². The Labute approximate surface area is 145 Å². The first-order valence-electron chi connectivity index (χ1n) is 6.57. The molecule has 0 aliphatic carbocycles. The van der Waals surface area contributed by atoms with Crippen LogP contribution >= 0.6 is 43.5 Å². The predicted molar refractivity (Wildman–Crippen MR) is 91.6 cm³/mol. The molecule has 21 heavy (non-hydrogen) atoms. The van der Waals surface area contributed by atoms with Crippen LogP contribution in [-0.2, 0) is 5.88 Å². The maximum atomic E-state index is 5.99. The lowest BCUT2D eigenvalue weighted by Gasteiger charge is -2.14. The minimum atomic E-state index is 0.257. The molecule has 2 nitrogen and oxygen atoms in total. The molecule has 0 fully saturated rings. The molecule has 1 heterocycles. The van der Waals surface area contributed by atoms with Crippen molar-refractivity contribution in [2.75, 3.05) is 13.2 Å². The van der Waals surface area contributed by atoms with Gasteiger partial charge < -0.3 is 9.47 Å². The highest BCUT2D eigenvalue weighted by atomic mass is 79.9. The number of halogens is 3. The molecule has 0 radical (unpaired) electrons. The van der Waals surface area contributed by atoms with E-state index in [4.69, 9.17) is 21.1 Å². The van der Waals surface area contributed by atoms with Crippen molar-refractivity contribution in [2.24, 2.45) is 0 Å². The summed E-state index contributed by atoms with van der Waals surface area (Å²) in [5, 5.41) is 0. The van der Waals surface area contributed by atoms with Crippen LogP contribution in [0, 0.1) is 0 Å². The van der Waals surface area contributed by atoms with E-state index in [9.17, 15) is 0 Å². The normalized spacial score (nSPS) is 16.4. The summed E-state index contributed by atoms with van der Waals surface area (Å²) in [4.78, 5) is 0. The van der Waals surface area contributed by atoms with Gasteiger partial charge in [0.15, 0.2) is 0 Å². The van der Waals surface area contributed by atoms with Gasteiger partial charge in [-0.2, -0.15) is 0 Å². The van der Waals surface area contributed by atoms with Crippen LogP contribution in [-0.4, -0.2) is 13.2 Å². The number of rotatable bonds is 4. The van der Waals surface area contributed by atoms with Gasteiger partial charge in [0.1, 0.15) is 11.5 Å². The molecule has 1 unspecified atom stereocenters. The van der Waals surface area contributed by atoms with Crippen molar-refractivity contribution >= 4 is 43.5 Å². The maximum absolute atomic E-state index is 5.99. The summed E-state index contributed by atoms with van der Waals surface area (Å²) in [5.74, 6) is 2.49. The zero-order valence-electron chi connectivity index (χ0n) is 11.1. The smallest absolute Gasteiger partial charge is 0.147 e. The van der Waals surface area contributed by atoms with Crippen molar-refractivity contribution in [1.29, 1.82) is 0 Å². The van der Waals surface area contributed by atoms with Gasteiger partial charge in [-0.15, -0.1) is 11.6 Å². The van der Waals surface area contributed by atoms with Gasteiger partial charge in [-0.05, 0) is 55.6 Å². The van der Waals surface area contributed by atoms with E-state index in [1.165, 1.54) is 5.56 Å². The maximum Gasteiger partial charge on any atom is 0.147 e. The molecule has 0 bridgehead atoms. The van der Waals surface area contributed by atoms with E-state index in [1.54, 1.807) is 0 Å². The molecule has 1 aliphatic rings. The van der Waals surface area contributed by atoms with Crippen LogP contribution in [0.4, 0.5) is 0 Å². The summed E-state index contributed by atoms with van der Waals surface area (Å²) in [7, 11) is 0.